The van der Waals surface area contributed by atoms with Crippen LogP contribution >= 0.6 is 0 Å². The van der Waals surface area contributed by atoms with Gasteiger partial charge in [-0.3, -0.25) is 14.6 Å². The molecule has 0 saturated carbocycles. The van der Waals surface area contributed by atoms with Crippen LogP contribution in [0.5, 0.6) is 11.5 Å². The predicted octanol–water partition coefficient (Wildman–Crippen LogP) is 5.28. The number of likely N-dealkylation sites (tertiary alicyclic amines) is 1. The lowest BCUT2D eigenvalue weighted by atomic mass is 9.95. The number of aliphatic hydroxyl groups excluding tert-OH is 1. The molecule has 2 aromatic carbocycles. The van der Waals surface area contributed by atoms with Crippen molar-refractivity contribution >= 4 is 17.4 Å². The second-order valence-corrected chi connectivity index (χ2v) is 8.64. The van der Waals surface area contributed by atoms with Crippen molar-refractivity contribution in [1.82, 2.24) is 9.88 Å². The average Bonchev–Trinajstić information content (AvgIpc) is 3.16. The molecule has 1 saturated heterocycles. The van der Waals surface area contributed by atoms with Crippen LogP contribution in [0.25, 0.3) is 5.76 Å². The summed E-state index contributed by atoms with van der Waals surface area (Å²) in [6.07, 6.45) is 6.42. The van der Waals surface area contributed by atoms with E-state index in [-0.39, 0.29) is 17.9 Å². The zero-order valence-corrected chi connectivity index (χ0v) is 20.5. The summed E-state index contributed by atoms with van der Waals surface area (Å²) in [5, 5.41) is 11.3. The van der Waals surface area contributed by atoms with Gasteiger partial charge in [0, 0.05) is 24.5 Å². The second kappa shape index (κ2) is 11.5. The van der Waals surface area contributed by atoms with E-state index >= 15 is 0 Å². The molecular weight excluding hydrogens is 456 g/mol. The minimum atomic E-state index is -0.786. The first kappa shape index (κ1) is 25.0. The minimum absolute atomic E-state index is 0.0391. The second-order valence-electron chi connectivity index (χ2n) is 8.64. The number of unbranched alkanes of at least 4 members (excludes halogenated alkanes) is 2. The van der Waals surface area contributed by atoms with Crippen molar-refractivity contribution < 1.29 is 24.2 Å². The molecule has 7 heteroatoms. The Balaban J connectivity index is 1.76. The van der Waals surface area contributed by atoms with Crippen LogP contribution in [0.1, 0.15) is 48.9 Å². The highest BCUT2D eigenvalue weighted by molar-refractivity contribution is 6.46. The van der Waals surface area contributed by atoms with E-state index in [2.05, 4.69) is 11.9 Å². The molecule has 1 atom stereocenters. The van der Waals surface area contributed by atoms with E-state index in [4.69, 9.17) is 9.47 Å². The molecule has 1 aromatic heterocycles. The van der Waals surface area contributed by atoms with Crippen molar-refractivity contribution in [3.63, 3.8) is 0 Å². The lowest BCUT2D eigenvalue weighted by molar-refractivity contribution is -0.140. The summed E-state index contributed by atoms with van der Waals surface area (Å²) in [5.74, 6) is -0.364. The number of amides is 1. The van der Waals surface area contributed by atoms with Crippen molar-refractivity contribution in [2.45, 2.75) is 38.8 Å². The Labute approximate surface area is 211 Å². The fraction of sp³-hybridized carbons (Fsp3) is 0.276. The first-order chi connectivity index (χ1) is 17.5. The van der Waals surface area contributed by atoms with Gasteiger partial charge in [-0.2, -0.15) is 0 Å². The number of nitrogens with zero attached hydrogens (tertiary/aromatic N) is 2. The maximum Gasteiger partial charge on any atom is 0.295 e. The number of ether oxygens (including phenoxy) is 2. The van der Waals surface area contributed by atoms with Crippen molar-refractivity contribution in [3.05, 3.63) is 95.3 Å². The van der Waals surface area contributed by atoms with Gasteiger partial charge in [0.1, 0.15) is 17.3 Å². The number of aromatic nitrogens is 1. The van der Waals surface area contributed by atoms with Gasteiger partial charge in [-0.05, 0) is 60.0 Å². The third-order valence-corrected chi connectivity index (χ3v) is 6.17. The summed E-state index contributed by atoms with van der Waals surface area (Å²) in [4.78, 5) is 32.1. The molecule has 2 heterocycles. The number of hydrogen-bond acceptors (Lipinski definition) is 6. The third-order valence-electron chi connectivity index (χ3n) is 6.17. The molecule has 7 nitrogen and oxygen atoms in total. The van der Waals surface area contributed by atoms with Gasteiger partial charge in [-0.15, -0.1) is 0 Å². The summed E-state index contributed by atoms with van der Waals surface area (Å²) in [6.45, 7) is 2.89. The Hall–Kier alpha value is -4.13. The number of benzene rings is 2. The molecule has 0 aliphatic carbocycles. The van der Waals surface area contributed by atoms with Crippen LogP contribution in [0.3, 0.4) is 0 Å². The first-order valence-electron chi connectivity index (χ1n) is 12.1. The number of hydrogen-bond donors (Lipinski definition) is 1. The van der Waals surface area contributed by atoms with Crippen LogP contribution in [0, 0.1) is 0 Å². The highest BCUT2D eigenvalue weighted by atomic mass is 16.5. The molecule has 0 bridgehead atoms. The Bertz CT molecular complexity index is 1240. The molecule has 0 radical (unpaired) electrons. The highest BCUT2D eigenvalue weighted by Crippen LogP contribution is 2.41. The van der Waals surface area contributed by atoms with E-state index in [1.807, 2.05) is 30.3 Å². The lowest BCUT2D eigenvalue weighted by Gasteiger charge is -2.25. The topological polar surface area (TPSA) is 89.0 Å². The fourth-order valence-corrected chi connectivity index (χ4v) is 4.30. The molecule has 3 aromatic rings. The van der Waals surface area contributed by atoms with Crippen LogP contribution in [-0.2, 0) is 16.1 Å². The number of carbonyl (C=O) groups excluding carboxylic acids is 2. The Morgan fingerprint density at radius 3 is 2.53 bits per heavy atom. The SMILES string of the molecule is CCCCCOc1cccc(C2C(=C(O)c3ccc(OC)cc3)C(=O)C(=O)N2Cc2cccnc2)c1. The third kappa shape index (κ3) is 5.40. The van der Waals surface area contributed by atoms with Crippen molar-refractivity contribution in [1.29, 1.82) is 0 Å². The number of ketones is 1. The van der Waals surface area contributed by atoms with Gasteiger partial charge >= 0.3 is 0 Å². The number of rotatable bonds is 10. The molecule has 4 rings (SSSR count). The van der Waals surface area contributed by atoms with Gasteiger partial charge in [-0.25, -0.2) is 0 Å². The standard InChI is InChI=1S/C29H30N2O5/c1-3-4-5-16-36-24-10-6-9-22(17-24)26-25(27(32)21-11-13-23(35-2)14-12-21)28(33)29(34)31(26)19-20-8-7-15-30-18-20/h6-15,17-18,26,32H,3-5,16,19H2,1-2H3. The van der Waals surface area contributed by atoms with Gasteiger partial charge in [0.25, 0.3) is 11.7 Å². The smallest absolute Gasteiger partial charge is 0.295 e. The summed E-state index contributed by atoms with van der Waals surface area (Å²) in [5.41, 5.74) is 1.92. The van der Waals surface area contributed by atoms with E-state index in [9.17, 15) is 14.7 Å². The first-order valence-corrected chi connectivity index (χ1v) is 12.1. The van der Waals surface area contributed by atoms with Crippen LogP contribution in [-0.4, -0.2) is 40.4 Å². The molecule has 1 aliphatic heterocycles. The molecule has 1 amide bonds. The van der Waals surface area contributed by atoms with Crippen LogP contribution in [0.4, 0.5) is 0 Å². The Morgan fingerprint density at radius 2 is 1.83 bits per heavy atom. The van der Waals surface area contributed by atoms with Gasteiger partial charge in [-0.1, -0.05) is 38.0 Å². The molecule has 186 valence electrons. The molecule has 1 N–H and O–H groups in total. The highest BCUT2D eigenvalue weighted by Gasteiger charge is 2.46. The summed E-state index contributed by atoms with van der Waals surface area (Å²) in [6, 6.07) is 16.9. The predicted molar refractivity (Wildman–Crippen MR) is 137 cm³/mol. The lowest BCUT2D eigenvalue weighted by Crippen LogP contribution is -2.29. The van der Waals surface area contributed by atoms with Gasteiger partial charge in [0.05, 0.1) is 25.3 Å². The number of pyridine rings is 1. The van der Waals surface area contributed by atoms with Crippen molar-refractivity contribution in [3.8, 4) is 11.5 Å². The number of Topliss-reactive ketones (excluding diaryl/α,β-unsaturated/α-hetero) is 1. The van der Waals surface area contributed by atoms with Crippen LogP contribution < -0.4 is 9.47 Å². The molecule has 36 heavy (non-hydrogen) atoms. The van der Waals surface area contributed by atoms with E-state index in [0.29, 0.717) is 29.2 Å². The summed E-state index contributed by atoms with van der Waals surface area (Å²) >= 11 is 0. The van der Waals surface area contributed by atoms with Gasteiger partial charge in [0.15, 0.2) is 0 Å². The van der Waals surface area contributed by atoms with E-state index in [1.54, 1.807) is 49.8 Å². The maximum absolute atomic E-state index is 13.3. The normalized spacial score (nSPS) is 16.8. The fourth-order valence-electron chi connectivity index (χ4n) is 4.30. The molecule has 1 fully saturated rings. The molecule has 1 aliphatic rings. The number of methoxy groups -OCH3 is 1. The Morgan fingerprint density at radius 1 is 1.03 bits per heavy atom. The zero-order valence-electron chi connectivity index (χ0n) is 20.5. The zero-order chi connectivity index (χ0) is 25.5. The summed E-state index contributed by atoms with van der Waals surface area (Å²) in [7, 11) is 1.55. The number of aliphatic hydroxyl groups is 1. The van der Waals surface area contributed by atoms with E-state index < -0.39 is 17.7 Å². The van der Waals surface area contributed by atoms with Crippen LogP contribution in [0.2, 0.25) is 0 Å². The molecule has 0 spiro atoms. The largest absolute Gasteiger partial charge is 0.507 e. The van der Waals surface area contributed by atoms with Gasteiger partial charge < -0.3 is 19.5 Å². The minimum Gasteiger partial charge on any atom is -0.507 e. The van der Waals surface area contributed by atoms with E-state index in [0.717, 1.165) is 24.8 Å². The van der Waals surface area contributed by atoms with Gasteiger partial charge in [0.2, 0.25) is 0 Å². The van der Waals surface area contributed by atoms with Crippen molar-refractivity contribution in [2.75, 3.05) is 13.7 Å². The molecular formula is C29H30N2O5. The van der Waals surface area contributed by atoms with E-state index in [1.165, 1.54) is 4.90 Å². The number of carbonyl (C=O) groups is 2. The van der Waals surface area contributed by atoms with Crippen molar-refractivity contribution in [2.24, 2.45) is 0 Å². The monoisotopic (exact) mass is 486 g/mol. The summed E-state index contributed by atoms with van der Waals surface area (Å²) < 4.78 is 11.1. The average molecular weight is 487 g/mol. The Kier molecular flexibility index (Phi) is 8.00. The molecule has 1 unspecified atom stereocenters. The maximum atomic E-state index is 13.3. The quantitative estimate of drug-likeness (QED) is 0.182. The van der Waals surface area contributed by atoms with Crippen LogP contribution in [0.15, 0.2) is 78.6 Å².